The summed E-state index contributed by atoms with van der Waals surface area (Å²) in [6, 6.07) is 16.1. The molecule has 0 amide bonds. The van der Waals surface area contributed by atoms with E-state index >= 15 is 0 Å². The van der Waals surface area contributed by atoms with Crippen molar-refractivity contribution < 1.29 is 17.9 Å². The van der Waals surface area contributed by atoms with E-state index in [4.69, 9.17) is 27.9 Å². The van der Waals surface area contributed by atoms with Crippen LogP contribution in [0, 0.1) is 0 Å². The Kier molecular flexibility index (Phi) is 5.19. The molecule has 3 aromatic carbocycles. The molecule has 1 N–H and O–H groups in total. The van der Waals surface area contributed by atoms with Gasteiger partial charge in [0.05, 0.1) is 10.6 Å². The molecule has 0 saturated carbocycles. The number of aromatic amines is 1. The molecule has 2 nitrogen and oxygen atoms in total. The number of fused-ring (bicyclic) bond motifs is 1. The van der Waals surface area contributed by atoms with Crippen molar-refractivity contribution in [1.82, 2.24) is 4.98 Å². The molecule has 0 aliphatic heterocycles. The van der Waals surface area contributed by atoms with Crippen molar-refractivity contribution in [3.63, 3.8) is 0 Å². The molecule has 4 rings (SSSR count). The van der Waals surface area contributed by atoms with Crippen LogP contribution in [0.15, 0.2) is 66.9 Å². The van der Waals surface area contributed by atoms with Crippen molar-refractivity contribution in [2.45, 2.75) is 12.6 Å². The van der Waals surface area contributed by atoms with Gasteiger partial charge in [0.25, 0.3) is 0 Å². The summed E-state index contributed by atoms with van der Waals surface area (Å²) in [6.07, 6.45) is -2.06. The van der Waals surface area contributed by atoms with Gasteiger partial charge < -0.3 is 9.72 Å². The highest BCUT2D eigenvalue weighted by molar-refractivity contribution is 6.32. The predicted molar refractivity (Wildman–Crippen MR) is 109 cm³/mol. The van der Waals surface area contributed by atoms with Gasteiger partial charge in [-0.15, -0.1) is 0 Å². The molecular weight excluding hydrogens is 422 g/mol. The molecule has 0 aliphatic rings. The largest absolute Gasteiger partial charge is 0.455 e. The van der Waals surface area contributed by atoms with Gasteiger partial charge >= 0.3 is 6.18 Å². The Balaban J connectivity index is 1.69. The number of para-hydroxylation sites is 1. The number of ether oxygens (including phenoxy) is 1. The molecule has 148 valence electrons. The third kappa shape index (κ3) is 4.21. The zero-order valence-corrected chi connectivity index (χ0v) is 16.4. The van der Waals surface area contributed by atoms with Gasteiger partial charge in [-0.2, -0.15) is 13.2 Å². The van der Waals surface area contributed by atoms with Gasteiger partial charge in [-0.1, -0.05) is 41.4 Å². The van der Waals surface area contributed by atoms with Gasteiger partial charge in [0.2, 0.25) is 0 Å². The number of rotatable bonds is 4. The summed E-state index contributed by atoms with van der Waals surface area (Å²) in [7, 11) is 0. The maximum absolute atomic E-state index is 13.3. The Labute approximate surface area is 174 Å². The highest BCUT2D eigenvalue weighted by atomic mass is 35.5. The van der Waals surface area contributed by atoms with Crippen LogP contribution in [0.4, 0.5) is 13.2 Å². The number of H-pyrrole nitrogens is 1. The zero-order chi connectivity index (χ0) is 20.6. The summed E-state index contributed by atoms with van der Waals surface area (Å²) in [5, 5.41) is 1.41. The fraction of sp³-hybridized carbons (Fsp3) is 0.0909. The van der Waals surface area contributed by atoms with Crippen LogP contribution in [0.5, 0.6) is 11.5 Å². The molecule has 1 aromatic heterocycles. The van der Waals surface area contributed by atoms with Crippen molar-refractivity contribution in [2.24, 2.45) is 0 Å². The summed E-state index contributed by atoms with van der Waals surface area (Å²) in [4.78, 5) is 3.17. The minimum Gasteiger partial charge on any atom is -0.455 e. The van der Waals surface area contributed by atoms with E-state index in [9.17, 15) is 13.2 Å². The van der Waals surface area contributed by atoms with Gasteiger partial charge in [0.1, 0.15) is 5.75 Å². The first-order valence-corrected chi connectivity index (χ1v) is 9.45. The number of benzene rings is 3. The third-order valence-corrected chi connectivity index (χ3v) is 5.09. The fourth-order valence-electron chi connectivity index (χ4n) is 3.14. The van der Waals surface area contributed by atoms with E-state index in [1.807, 2.05) is 30.5 Å². The molecule has 4 aromatic rings. The van der Waals surface area contributed by atoms with E-state index in [2.05, 4.69) is 4.98 Å². The SMILES string of the molecule is FC(F)(F)c1cccc(Cl)c1Oc1ccc2[nH]cc(Cc3ccc(Cl)cc3)c2c1. The van der Waals surface area contributed by atoms with Crippen LogP contribution in [0.1, 0.15) is 16.7 Å². The number of halogens is 5. The normalized spacial score (nSPS) is 11.8. The van der Waals surface area contributed by atoms with Gasteiger partial charge in [-0.05, 0) is 60.0 Å². The van der Waals surface area contributed by atoms with Crippen LogP contribution >= 0.6 is 23.2 Å². The molecule has 0 spiro atoms. The van der Waals surface area contributed by atoms with Gasteiger partial charge in [-0.25, -0.2) is 0 Å². The van der Waals surface area contributed by atoms with E-state index in [0.717, 1.165) is 28.1 Å². The molecule has 0 saturated heterocycles. The predicted octanol–water partition coefficient (Wildman–Crippen LogP) is 7.88. The topological polar surface area (TPSA) is 25.0 Å². The van der Waals surface area contributed by atoms with Gasteiger partial charge in [0.15, 0.2) is 5.75 Å². The van der Waals surface area contributed by atoms with Crippen molar-refractivity contribution in [3.05, 3.63) is 93.6 Å². The van der Waals surface area contributed by atoms with E-state index in [1.54, 1.807) is 18.2 Å². The first-order chi connectivity index (χ1) is 13.8. The van der Waals surface area contributed by atoms with Crippen LogP contribution in [0.25, 0.3) is 10.9 Å². The van der Waals surface area contributed by atoms with Crippen LogP contribution in [0.3, 0.4) is 0 Å². The van der Waals surface area contributed by atoms with Crippen molar-refractivity contribution in [1.29, 1.82) is 0 Å². The van der Waals surface area contributed by atoms with Crippen LogP contribution < -0.4 is 4.74 Å². The highest BCUT2D eigenvalue weighted by Gasteiger charge is 2.35. The molecule has 1 heterocycles. The highest BCUT2D eigenvalue weighted by Crippen LogP contribution is 2.42. The number of alkyl halides is 3. The van der Waals surface area contributed by atoms with Crippen molar-refractivity contribution in [2.75, 3.05) is 0 Å². The summed E-state index contributed by atoms with van der Waals surface area (Å²) in [5.74, 6) is -0.135. The van der Waals surface area contributed by atoms with Crippen molar-refractivity contribution in [3.8, 4) is 11.5 Å². The fourth-order valence-corrected chi connectivity index (χ4v) is 3.48. The smallest absolute Gasteiger partial charge is 0.420 e. The molecule has 0 unspecified atom stereocenters. The maximum Gasteiger partial charge on any atom is 0.420 e. The molecule has 0 radical (unpaired) electrons. The lowest BCUT2D eigenvalue weighted by Gasteiger charge is -2.15. The maximum atomic E-state index is 13.3. The second-order valence-corrected chi connectivity index (χ2v) is 7.38. The molecule has 7 heteroatoms. The van der Waals surface area contributed by atoms with E-state index in [0.29, 0.717) is 11.4 Å². The molecule has 0 aliphatic carbocycles. The van der Waals surface area contributed by atoms with Crippen LogP contribution in [0.2, 0.25) is 10.0 Å². The lowest BCUT2D eigenvalue weighted by molar-refractivity contribution is -0.138. The summed E-state index contributed by atoms with van der Waals surface area (Å²) < 4.78 is 45.5. The van der Waals surface area contributed by atoms with E-state index < -0.39 is 17.5 Å². The molecule has 0 fully saturated rings. The number of hydrogen-bond acceptors (Lipinski definition) is 1. The van der Waals surface area contributed by atoms with Crippen LogP contribution in [-0.4, -0.2) is 4.98 Å². The first-order valence-electron chi connectivity index (χ1n) is 8.69. The average molecular weight is 436 g/mol. The molecule has 0 bridgehead atoms. The number of hydrogen-bond donors (Lipinski definition) is 1. The minimum absolute atomic E-state index is 0.102. The standard InChI is InChI=1S/C22H14Cl2F3NO/c23-15-6-4-13(5-7-15)10-14-12-28-20-9-8-16(11-17(14)20)29-21-18(22(25,26)27)2-1-3-19(21)24/h1-9,11-12,28H,10H2. The third-order valence-electron chi connectivity index (χ3n) is 4.54. The quantitative estimate of drug-likeness (QED) is 0.346. The Morgan fingerprint density at radius 1 is 0.931 bits per heavy atom. The molecule has 29 heavy (non-hydrogen) atoms. The van der Waals surface area contributed by atoms with Crippen LogP contribution in [-0.2, 0) is 12.6 Å². The van der Waals surface area contributed by atoms with Gasteiger partial charge in [-0.3, -0.25) is 0 Å². The van der Waals surface area contributed by atoms with E-state index in [-0.39, 0.29) is 10.8 Å². The first kappa shape index (κ1) is 19.7. The Morgan fingerprint density at radius 3 is 2.41 bits per heavy atom. The Morgan fingerprint density at radius 2 is 1.69 bits per heavy atom. The number of nitrogens with one attached hydrogen (secondary N) is 1. The van der Waals surface area contributed by atoms with Crippen molar-refractivity contribution >= 4 is 34.1 Å². The summed E-state index contributed by atoms with van der Waals surface area (Å²) in [5.41, 5.74) is 1.99. The van der Waals surface area contributed by atoms with Gasteiger partial charge in [0, 0.05) is 22.1 Å². The monoisotopic (exact) mass is 435 g/mol. The second kappa shape index (κ2) is 7.65. The summed E-state index contributed by atoms with van der Waals surface area (Å²) in [6.45, 7) is 0. The second-order valence-electron chi connectivity index (χ2n) is 6.54. The van der Waals surface area contributed by atoms with E-state index in [1.165, 1.54) is 12.1 Å². The average Bonchev–Trinajstić information content (AvgIpc) is 3.06. The lowest BCUT2D eigenvalue weighted by atomic mass is 10.0. The number of aromatic nitrogens is 1. The Bertz CT molecular complexity index is 1170. The molecule has 0 atom stereocenters. The minimum atomic E-state index is -4.57. The Hall–Kier alpha value is -2.63. The zero-order valence-electron chi connectivity index (χ0n) is 14.9. The lowest BCUT2D eigenvalue weighted by Crippen LogP contribution is -2.07. The summed E-state index contributed by atoms with van der Waals surface area (Å²) >= 11 is 11.9. The molecular formula is C22H14Cl2F3NO.